The van der Waals surface area contributed by atoms with Crippen LogP contribution in [0.5, 0.6) is 5.75 Å². The zero-order chi connectivity index (χ0) is 17.3. The van der Waals surface area contributed by atoms with Gasteiger partial charge < -0.3 is 10.1 Å². The van der Waals surface area contributed by atoms with Crippen LogP contribution in [0.1, 0.15) is 30.5 Å². The Labute approximate surface area is 141 Å². The number of ketones is 1. The van der Waals surface area contributed by atoms with Crippen LogP contribution in [0.25, 0.3) is 0 Å². The summed E-state index contributed by atoms with van der Waals surface area (Å²) in [7, 11) is 0. The highest BCUT2D eigenvalue weighted by atomic mass is 16.5. The molecule has 24 heavy (non-hydrogen) atoms. The van der Waals surface area contributed by atoms with Gasteiger partial charge in [0.25, 0.3) is 0 Å². The SMILES string of the molecule is Cc1ccccc1OCc1ccccc1C1(C)C(=O)NC(C)C1=O. The Balaban J connectivity index is 1.93. The van der Waals surface area contributed by atoms with Gasteiger partial charge in [-0.25, -0.2) is 0 Å². The molecular weight excluding hydrogens is 302 g/mol. The molecule has 0 spiro atoms. The van der Waals surface area contributed by atoms with Crippen molar-refractivity contribution < 1.29 is 14.3 Å². The van der Waals surface area contributed by atoms with Crippen molar-refractivity contribution in [2.75, 3.05) is 0 Å². The van der Waals surface area contributed by atoms with Gasteiger partial charge in [-0.15, -0.1) is 0 Å². The Morgan fingerprint density at radius 2 is 1.75 bits per heavy atom. The van der Waals surface area contributed by atoms with E-state index >= 15 is 0 Å². The predicted octanol–water partition coefficient (Wildman–Crippen LogP) is 2.92. The number of benzene rings is 2. The molecule has 1 aliphatic heterocycles. The lowest BCUT2D eigenvalue weighted by molar-refractivity contribution is -0.129. The van der Waals surface area contributed by atoms with E-state index in [-0.39, 0.29) is 11.7 Å². The Morgan fingerprint density at radius 3 is 2.42 bits per heavy atom. The summed E-state index contributed by atoms with van der Waals surface area (Å²) in [5.74, 6) is 0.451. The van der Waals surface area contributed by atoms with E-state index in [0.29, 0.717) is 12.2 Å². The number of carbonyl (C=O) groups is 2. The van der Waals surface area contributed by atoms with E-state index < -0.39 is 11.5 Å². The lowest BCUT2D eigenvalue weighted by atomic mass is 9.77. The topological polar surface area (TPSA) is 55.4 Å². The summed E-state index contributed by atoms with van der Waals surface area (Å²) in [6.07, 6.45) is 0. The first kappa shape index (κ1) is 16.2. The molecule has 1 fully saturated rings. The smallest absolute Gasteiger partial charge is 0.238 e. The molecule has 124 valence electrons. The highest BCUT2D eigenvalue weighted by Crippen LogP contribution is 2.34. The number of carbonyl (C=O) groups excluding carboxylic acids is 2. The molecule has 3 rings (SSSR count). The third-order valence-electron chi connectivity index (χ3n) is 4.72. The lowest BCUT2D eigenvalue weighted by Gasteiger charge is -2.23. The Bertz CT molecular complexity index is 799. The maximum absolute atomic E-state index is 12.6. The molecule has 0 aliphatic carbocycles. The van der Waals surface area contributed by atoms with E-state index in [1.54, 1.807) is 13.8 Å². The zero-order valence-electron chi connectivity index (χ0n) is 14.1. The minimum atomic E-state index is -1.16. The van der Waals surface area contributed by atoms with Gasteiger partial charge in [-0.2, -0.15) is 0 Å². The van der Waals surface area contributed by atoms with Gasteiger partial charge in [0, 0.05) is 0 Å². The molecule has 1 heterocycles. The second kappa shape index (κ2) is 6.11. The van der Waals surface area contributed by atoms with Gasteiger partial charge in [0.15, 0.2) is 5.78 Å². The monoisotopic (exact) mass is 323 g/mol. The van der Waals surface area contributed by atoms with Crippen molar-refractivity contribution in [1.82, 2.24) is 5.32 Å². The third-order valence-corrected chi connectivity index (χ3v) is 4.72. The first-order chi connectivity index (χ1) is 11.4. The fourth-order valence-electron chi connectivity index (χ4n) is 3.21. The molecule has 2 aromatic rings. The van der Waals surface area contributed by atoms with Crippen LogP contribution in [0.2, 0.25) is 0 Å². The van der Waals surface area contributed by atoms with Crippen LogP contribution >= 0.6 is 0 Å². The molecule has 0 bridgehead atoms. The van der Waals surface area contributed by atoms with Crippen LogP contribution in [0.4, 0.5) is 0 Å². The molecule has 4 nitrogen and oxygen atoms in total. The van der Waals surface area contributed by atoms with E-state index in [9.17, 15) is 9.59 Å². The number of para-hydroxylation sites is 1. The van der Waals surface area contributed by atoms with Crippen LogP contribution in [0.15, 0.2) is 48.5 Å². The normalized spacial score (nSPS) is 23.2. The summed E-state index contributed by atoms with van der Waals surface area (Å²) in [4.78, 5) is 25.0. The fraction of sp³-hybridized carbons (Fsp3) is 0.300. The van der Waals surface area contributed by atoms with Crippen molar-refractivity contribution in [1.29, 1.82) is 0 Å². The van der Waals surface area contributed by atoms with Crippen molar-refractivity contribution in [3.8, 4) is 5.75 Å². The summed E-state index contributed by atoms with van der Waals surface area (Å²) < 4.78 is 5.92. The van der Waals surface area contributed by atoms with Gasteiger partial charge >= 0.3 is 0 Å². The van der Waals surface area contributed by atoms with E-state index in [4.69, 9.17) is 4.74 Å². The average molecular weight is 323 g/mol. The van der Waals surface area contributed by atoms with Crippen molar-refractivity contribution in [3.05, 3.63) is 65.2 Å². The lowest BCUT2D eigenvalue weighted by Crippen LogP contribution is -2.38. The fourth-order valence-corrected chi connectivity index (χ4v) is 3.21. The summed E-state index contributed by atoms with van der Waals surface area (Å²) in [5.41, 5.74) is 1.45. The van der Waals surface area contributed by atoms with E-state index in [1.165, 1.54) is 0 Å². The molecule has 2 aromatic carbocycles. The first-order valence-corrected chi connectivity index (χ1v) is 8.06. The third kappa shape index (κ3) is 2.58. The van der Waals surface area contributed by atoms with Gasteiger partial charge in [-0.1, -0.05) is 42.5 Å². The molecule has 1 N–H and O–H groups in total. The minimum Gasteiger partial charge on any atom is -0.489 e. The van der Waals surface area contributed by atoms with Crippen LogP contribution < -0.4 is 10.1 Å². The van der Waals surface area contributed by atoms with Gasteiger partial charge in [-0.05, 0) is 43.5 Å². The maximum Gasteiger partial charge on any atom is 0.238 e. The number of hydrogen-bond acceptors (Lipinski definition) is 3. The molecular formula is C20H21NO3. The highest BCUT2D eigenvalue weighted by molar-refractivity contribution is 6.19. The standard InChI is InChI=1S/C20H21NO3/c1-13-8-4-7-11-17(13)24-12-15-9-5-6-10-16(15)20(3)18(22)14(2)21-19(20)23/h4-11,14H,12H2,1-3H3,(H,21,23). The predicted molar refractivity (Wildman–Crippen MR) is 91.9 cm³/mol. The van der Waals surface area contributed by atoms with Gasteiger partial charge in [0.1, 0.15) is 17.8 Å². The number of hydrogen-bond donors (Lipinski definition) is 1. The van der Waals surface area contributed by atoms with Crippen LogP contribution in [-0.2, 0) is 21.6 Å². The summed E-state index contributed by atoms with van der Waals surface area (Å²) in [5, 5.41) is 2.74. The van der Waals surface area contributed by atoms with Crippen LogP contribution in [0, 0.1) is 6.92 Å². The number of aryl methyl sites for hydroxylation is 1. The molecule has 4 heteroatoms. The van der Waals surface area contributed by atoms with E-state index in [1.807, 2.05) is 55.5 Å². The zero-order valence-corrected chi connectivity index (χ0v) is 14.1. The molecule has 0 saturated carbocycles. The Morgan fingerprint density at radius 1 is 1.08 bits per heavy atom. The number of nitrogens with one attached hydrogen (secondary N) is 1. The Kier molecular flexibility index (Phi) is 4.14. The molecule has 0 aromatic heterocycles. The Hall–Kier alpha value is -2.62. The quantitative estimate of drug-likeness (QED) is 0.880. The van der Waals surface area contributed by atoms with Gasteiger partial charge in [0.05, 0.1) is 6.04 Å². The minimum absolute atomic E-state index is 0.101. The van der Waals surface area contributed by atoms with Crippen molar-refractivity contribution in [2.45, 2.75) is 38.8 Å². The number of Topliss-reactive ketones (excluding diaryl/α,β-unsaturated/α-hetero) is 1. The molecule has 0 radical (unpaired) electrons. The largest absolute Gasteiger partial charge is 0.489 e. The van der Waals surface area contributed by atoms with Crippen molar-refractivity contribution in [2.24, 2.45) is 0 Å². The van der Waals surface area contributed by atoms with Crippen LogP contribution in [0.3, 0.4) is 0 Å². The molecule has 2 atom stereocenters. The second-order valence-electron chi connectivity index (χ2n) is 6.40. The van der Waals surface area contributed by atoms with Crippen LogP contribution in [-0.4, -0.2) is 17.7 Å². The van der Waals surface area contributed by atoms with Gasteiger partial charge in [-0.3, -0.25) is 9.59 Å². The summed E-state index contributed by atoms with van der Waals surface area (Å²) in [6.45, 7) is 5.71. The summed E-state index contributed by atoms with van der Waals surface area (Å²) in [6, 6.07) is 14.8. The average Bonchev–Trinajstić information content (AvgIpc) is 2.78. The van der Waals surface area contributed by atoms with Gasteiger partial charge in [0.2, 0.25) is 5.91 Å². The summed E-state index contributed by atoms with van der Waals surface area (Å²) >= 11 is 0. The molecule has 1 saturated heterocycles. The molecule has 1 aliphatic rings. The van der Waals surface area contributed by atoms with Crippen molar-refractivity contribution >= 4 is 11.7 Å². The van der Waals surface area contributed by atoms with Crippen molar-refractivity contribution in [3.63, 3.8) is 0 Å². The maximum atomic E-state index is 12.6. The highest BCUT2D eigenvalue weighted by Gasteiger charge is 2.51. The van der Waals surface area contributed by atoms with E-state index in [2.05, 4.69) is 5.32 Å². The van der Waals surface area contributed by atoms with E-state index in [0.717, 1.165) is 16.9 Å². The number of ether oxygens (including phenoxy) is 1. The molecule has 1 amide bonds. The number of amides is 1. The molecule has 2 unspecified atom stereocenters. The number of rotatable bonds is 4. The first-order valence-electron chi connectivity index (χ1n) is 8.06. The second-order valence-corrected chi connectivity index (χ2v) is 6.40.